The molecule has 0 radical (unpaired) electrons. The van der Waals surface area contributed by atoms with E-state index in [9.17, 15) is 4.79 Å². The summed E-state index contributed by atoms with van der Waals surface area (Å²) < 4.78 is 2.16. The second kappa shape index (κ2) is 7.30. The Hall–Kier alpha value is -2.65. The zero-order valence-corrected chi connectivity index (χ0v) is 15.2. The fourth-order valence-electron chi connectivity index (χ4n) is 3.13. The molecule has 0 aliphatic carbocycles. The third-order valence-electron chi connectivity index (χ3n) is 4.61. The number of carbonyl (C=O) groups is 1. The van der Waals surface area contributed by atoms with Crippen LogP contribution in [0.25, 0.3) is 11.4 Å². The molecule has 1 amide bonds. The van der Waals surface area contributed by atoms with Gasteiger partial charge in [0.25, 0.3) is 0 Å². The molecule has 0 spiro atoms. The van der Waals surface area contributed by atoms with E-state index in [4.69, 9.17) is 0 Å². The number of carbonyl (C=O) groups excluding carboxylic acids is 1. The molecule has 9 heteroatoms. The van der Waals surface area contributed by atoms with Gasteiger partial charge in [0.05, 0.1) is 6.04 Å². The van der Waals surface area contributed by atoms with Gasteiger partial charge >= 0.3 is 0 Å². The number of benzene rings is 1. The summed E-state index contributed by atoms with van der Waals surface area (Å²) in [4.78, 5) is 14.6. The van der Waals surface area contributed by atoms with Crippen molar-refractivity contribution < 1.29 is 4.79 Å². The number of rotatable bonds is 4. The number of hydrogen-bond donors (Lipinski definition) is 1. The van der Waals surface area contributed by atoms with Gasteiger partial charge in [-0.3, -0.25) is 15.0 Å². The average molecular weight is 369 g/mol. The Labute approximate surface area is 154 Å². The van der Waals surface area contributed by atoms with Gasteiger partial charge in [0, 0.05) is 31.6 Å². The molecule has 1 unspecified atom stereocenters. The Morgan fingerprint density at radius 2 is 2.00 bits per heavy atom. The number of aromatic nitrogens is 5. The monoisotopic (exact) mass is 369 g/mol. The molecule has 1 N–H and O–H groups in total. The Morgan fingerprint density at radius 1 is 1.15 bits per heavy atom. The third kappa shape index (κ3) is 3.35. The van der Waals surface area contributed by atoms with Crippen molar-refractivity contribution in [2.75, 3.05) is 18.4 Å². The van der Waals surface area contributed by atoms with Crippen LogP contribution in [0.3, 0.4) is 0 Å². The van der Waals surface area contributed by atoms with E-state index in [0.717, 1.165) is 43.3 Å². The molecule has 0 bridgehead atoms. The third-order valence-corrected chi connectivity index (χ3v) is 5.22. The van der Waals surface area contributed by atoms with Gasteiger partial charge in [-0.1, -0.05) is 41.7 Å². The molecule has 1 aliphatic heterocycles. The predicted octanol–water partition coefficient (Wildman–Crippen LogP) is 1.68. The van der Waals surface area contributed by atoms with Crippen LogP contribution in [0.15, 0.2) is 35.8 Å². The highest BCUT2D eigenvalue weighted by Crippen LogP contribution is 2.21. The van der Waals surface area contributed by atoms with E-state index in [1.54, 1.807) is 5.51 Å². The van der Waals surface area contributed by atoms with Gasteiger partial charge in [0.2, 0.25) is 11.0 Å². The van der Waals surface area contributed by atoms with Crippen LogP contribution in [0.5, 0.6) is 0 Å². The number of nitrogens with one attached hydrogen (secondary N) is 1. The Bertz CT molecular complexity index is 878. The molecule has 0 saturated heterocycles. The first kappa shape index (κ1) is 16.8. The molecule has 2 aromatic heterocycles. The topological polar surface area (TPSA) is 88.8 Å². The Morgan fingerprint density at radius 3 is 2.77 bits per heavy atom. The lowest BCUT2D eigenvalue weighted by atomic mass is 10.2. The second-order valence-electron chi connectivity index (χ2n) is 6.15. The first-order valence-corrected chi connectivity index (χ1v) is 9.39. The molecule has 8 nitrogen and oxygen atoms in total. The highest BCUT2D eigenvalue weighted by atomic mass is 32.1. The maximum Gasteiger partial charge on any atom is 0.243 e. The lowest BCUT2D eigenvalue weighted by molar-refractivity contribution is -0.120. The van der Waals surface area contributed by atoms with Gasteiger partial charge < -0.3 is 4.57 Å². The molecule has 1 aromatic carbocycles. The van der Waals surface area contributed by atoms with Gasteiger partial charge in [0.1, 0.15) is 11.3 Å². The largest absolute Gasteiger partial charge is 0.310 e. The van der Waals surface area contributed by atoms with Gasteiger partial charge in [-0.15, -0.1) is 20.4 Å². The van der Waals surface area contributed by atoms with E-state index in [1.165, 1.54) is 11.3 Å². The normalized spacial score (nSPS) is 15.9. The summed E-state index contributed by atoms with van der Waals surface area (Å²) in [6, 6.07) is 9.82. The fourth-order valence-corrected chi connectivity index (χ4v) is 3.58. The maximum absolute atomic E-state index is 12.5. The van der Waals surface area contributed by atoms with Crippen LogP contribution in [-0.2, 0) is 17.8 Å². The van der Waals surface area contributed by atoms with Crippen molar-refractivity contribution in [1.29, 1.82) is 0 Å². The van der Waals surface area contributed by atoms with E-state index in [0.29, 0.717) is 5.13 Å². The first-order chi connectivity index (χ1) is 12.7. The summed E-state index contributed by atoms with van der Waals surface area (Å²) in [7, 11) is 0. The average Bonchev–Trinajstić information content (AvgIpc) is 3.27. The Kier molecular flexibility index (Phi) is 4.72. The number of amides is 1. The smallest absolute Gasteiger partial charge is 0.243 e. The summed E-state index contributed by atoms with van der Waals surface area (Å²) in [5.74, 6) is 1.78. The minimum atomic E-state index is -0.253. The number of nitrogens with zero attached hydrogens (tertiary/aromatic N) is 6. The summed E-state index contributed by atoms with van der Waals surface area (Å²) >= 11 is 1.32. The summed E-state index contributed by atoms with van der Waals surface area (Å²) in [5, 5.41) is 19.7. The highest BCUT2D eigenvalue weighted by Gasteiger charge is 2.26. The second-order valence-corrected chi connectivity index (χ2v) is 6.99. The van der Waals surface area contributed by atoms with Crippen LogP contribution >= 0.6 is 11.3 Å². The van der Waals surface area contributed by atoms with E-state index in [1.807, 2.05) is 37.3 Å². The molecule has 3 heterocycles. The molecule has 4 rings (SSSR count). The molecule has 0 fully saturated rings. The van der Waals surface area contributed by atoms with Crippen LogP contribution in [0.1, 0.15) is 12.7 Å². The molecule has 1 atom stereocenters. The lowest BCUT2D eigenvalue weighted by Crippen LogP contribution is -2.43. The predicted molar refractivity (Wildman–Crippen MR) is 98.7 cm³/mol. The van der Waals surface area contributed by atoms with Crippen molar-refractivity contribution in [3.63, 3.8) is 0 Å². The minimum Gasteiger partial charge on any atom is -0.310 e. The molecule has 3 aromatic rings. The van der Waals surface area contributed by atoms with E-state index in [2.05, 4.69) is 35.2 Å². The van der Waals surface area contributed by atoms with Crippen LogP contribution in [0.2, 0.25) is 0 Å². The van der Waals surface area contributed by atoms with Crippen molar-refractivity contribution in [2.24, 2.45) is 0 Å². The van der Waals surface area contributed by atoms with Gasteiger partial charge in [0.15, 0.2) is 5.82 Å². The zero-order valence-electron chi connectivity index (χ0n) is 14.4. The van der Waals surface area contributed by atoms with E-state index in [-0.39, 0.29) is 11.9 Å². The van der Waals surface area contributed by atoms with Crippen molar-refractivity contribution in [2.45, 2.75) is 25.9 Å². The molecule has 134 valence electrons. The molecule has 1 aliphatic rings. The lowest BCUT2D eigenvalue weighted by Gasteiger charge is -2.25. The Balaban J connectivity index is 1.46. The van der Waals surface area contributed by atoms with Gasteiger partial charge in [-0.2, -0.15) is 0 Å². The van der Waals surface area contributed by atoms with E-state index >= 15 is 0 Å². The molecule has 0 saturated carbocycles. The van der Waals surface area contributed by atoms with Crippen molar-refractivity contribution in [3.8, 4) is 11.4 Å². The molecule has 26 heavy (non-hydrogen) atoms. The zero-order chi connectivity index (χ0) is 17.9. The maximum atomic E-state index is 12.5. The van der Waals surface area contributed by atoms with Crippen molar-refractivity contribution in [1.82, 2.24) is 29.9 Å². The summed E-state index contributed by atoms with van der Waals surface area (Å²) in [6.07, 6.45) is 0.760. The standard InChI is InChI=1S/C17H19N7OS/c1-12(16(25)19-17-22-18-11-26-17)23-8-7-14-20-21-15(24(14)10-9-23)13-5-3-2-4-6-13/h2-6,11-12H,7-10H2,1H3,(H,19,22,25). The van der Waals surface area contributed by atoms with Crippen LogP contribution in [0.4, 0.5) is 5.13 Å². The van der Waals surface area contributed by atoms with Crippen LogP contribution in [0, 0.1) is 0 Å². The fraction of sp³-hybridized carbons (Fsp3) is 0.353. The first-order valence-electron chi connectivity index (χ1n) is 8.51. The SMILES string of the molecule is CC(C(=O)Nc1nncs1)N1CCc2nnc(-c3ccccc3)n2CC1. The molecular formula is C17H19N7OS. The minimum absolute atomic E-state index is 0.0669. The van der Waals surface area contributed by atoms with Crippen molar-refractivity contribution >= 4 is 22.4 Å². The summed E-state index contributed by atoms with van der Waals surface area (Å²) in [6.45, 7) is 4.19. The molecular weight excluding hydrogens is 350 g/mol. The number of fused-ring (bicyclic) bond motifs is 1. The van der Waals surface area contributed by atoms with Crippen LogP contribution < -0.4 is 5.32 Å². The van der Waals surface area contributed by atoms with Crippen molar-refractivity contribution in [3.05, 3.63) is 41.7 Å². The quantitative estimate of drug-likeness (QED) is 0.753. The summed E-state index contributed by atoms with van der Waals surface area (Å²) in [5.41, 5.74) is 2.66. The highest BCUT2D eigenvalue weighted by molar-refractivity contribution is 7.13. The number of hydrogen-bond acceptors (Lipinski definition) is 7. The van der Waals surface area contributed by atoms with E-state index < -0.39 is 0 Å². The van der Waals surface area contributed by atoms with Gasteiger partial charge in [-0.25, -0.2) is 0 Å². The number of anilines is 1. The van der Waals surface area contributed by atoms with Gasteiger partial charge in [-0.05, 0) is 6.92 Å². The van der Waals surface area contributed by atoms with Crippen LogP contribution in [-0.4, -0.2) is 54.9 Å².